The fourth-order valence-corrected chi connectivity index (χ4v) is 9.46. The summed E-state index contributed by atoms with van der Waals surface area (Å²) >= 11 is 0. The van der Waals surface area contributed by atoms with Gasteiger partial charge in [-0.1, -0.05) is 194 Å². The van der Waals surface area contributed by atoms with Gasteiger partial charge in [-0.25, -0.2) is 24.9 Å². The normalized spacial score (nSPS) is 12.9. The molecule has 1 spiro atoms. The van der Waals surface area contributed by atoms with Crippen molar-refractivity contribution in [2.24, 2.45) is 0 Å². The second kappa shape index (κ2) is 13.1. The fraction of sp³-hybridized carbons (Fsp3) is 0.0185. The topological polar surface area (TPSA) is 64.5 Å². The Labute approximate surface area is 341 Å². The molecule has 0 bridgehead atoms. The second-order valence-electron chi connectivity index (χ2n) is 15.1. The van der Waals surface area contributed by atoms with Crippen LogP contribution in [-0.2, 0) is 5.41 Å². The summed E-state index contributed by atoms with van der Waals surface area (Å²) in [7, 11) is 0. The zero-order valence-corrected chi connectivity index (χ0v) is 31.8. The summed E-state index contributed by atoms with van der Waals surface area (Å²) in [4.78, 5) is 25.6. The lowest BCUT2D eigenvalue weighted by atomic mass is 9.70. The summed E-state index contributed by atoms with van der Waals surface area (Å²) < 4.78 is 0. The van der Waals surface area contributed by atoms with Crippen molar-refractivity contribution in [1.29, 1.82) is 0 Å². The van der Waals surface area contributed by atoms with Crippen molar-refractivity contribution in [3.05, 3.63) is 222 Å². The first kappa shape index (κ1) is 33.3. The van der Waals surface area contributed by atoms with E-state index in [1.807, 2.05) is 66.7 Å². The first-order valence-electron chi connectivity index (χ1n) is 19.9. The van der Waals surface area contributed by atoms with Gasteiger partial charge in [-0.3, -0.25) is 0 Å². The minimum Gasteiger partial charge on any atom is -0.228 e. The van der Waals surface area contributed by atoms with Gasteiger partial charge in [-0.2, -0.15) is 0 Å². The molecule has 2 heterocycles. The largest absolute Gasteiger partial charge is 0.228 e. The maximum Gasteiger partial charge on any atom is 0.164 e. The Morgan fingerprint density at radius 3 is 1.32 bits per heavy atom. The molecule has 0 atom stereocenters. The first-order valence-corrected chi connectivity index (χ1v) is 19.9. The van der Waals surface area contributed by atoms with Crippen LogP contribution in [-0.4, -0.2) is 24.9 Å². The molecule has 0 amide bonds. The second-order valence-corrected chi connectivity index (χ2v) is 15.1. The van der Waals surface area contributed by atoms with Crippen LogP contribution in [0.4, 0.5) is 0 Å². The molecule has 8 aromatic carbocycles. The van der Waals surface area contributed by atoms with Crippen molar-refractivity contribution in [3.63, 3.8) is 0 Å². The number of benzene rings is 8. The maximum absolute atomic E-state index is 5.45. The van der Waals surface area contributed by atoms with Gasteiger partial charge in [0.2, 0.25) is 0 Å². The van der Waals surface area contributed by atoms with Gasteiger partial charge in [-0.05, 0) is 50.6 Å². The van der Waals surface area contributed by atoms with Gasteiger partial charge in [0, 0.05) is 33.2 Å². The van der Waals surface area contributed by atoms with Crippen LogP contribution >= 0.6 is 0 Å². The van der Waals surface area contributed by atoms with E-state index in [2.05, 4.69) is 133 Å². The molecule has 0 fully saturated rings. The Morgan fingerprint density at radius 2 is 0.712 bits per heavy atom. The Kier molecular flexibility index (Phi) is 7.38. The minimum atomic E-state index is -0.444. The SMILES string of the molecule is c1ccc(-c2nc(-c3ccccc3)nc(-c3ccc(-c4nc(-c5cccc6c5-c5ccccc5C65c6ccccc6-c6ccccc65)nc5ccccc45)cc3)n2)cc1. The van der Waals surface area contributed by atoms with E-state index in [1.54, 1.807) is 0 Å². The van der Waals surface area contributed by atoms with E-state index in [1.165, 1.54) is 44.5 Å². The summed E-state index contributed by atoms with van der Waals surface area (Å²) in [5, 5.41) is 0.991. The van der Waals surface area contributed by atoms with Crippen molar-refractivity contribution < 1.29 is 0 Å². The van der Waals surface area contributed by atoms with Crippen molar-refractivity contribution in [3.8, 4) is 79.1 Å². The van der Waals surface area contributed by atoms with Crippen molar-refractivity contribution >= 4 is 10.9 Å². The van der Waals surface area contributed by atoms with Crippen LogP contribution in [0.25, 0.3) is 90.0 Å². The number of nitrogens with zero attached hydrogens (tertiary/aromatic N) is 5. The van der Waals surface area contributed by atoms with Gasteiger partial charge in [-0.15, -0.1) is 0 Å². The Morgan fingerprint density at radius 1 is 0.271 bits per heavy atom. The maximum atomic E-state index is 5.45. The lowest BCUT2D eigenvalue weighted by Gasteiger charge is -2.30. The van der Waals surface area contributed by atoms with Crippen molar-refractivity contribution in [2.75, 3.05) is 0 Å². The van der Waals surface area contributed by atoms with Gasteiger partial charge in [0.15, 0.2) is 23.3 Å². The summed E-state index contributed by atoms with van der Waals surface area (Å²) in [6, 6.07) is 70.2. The van der Waals surface area contributed by atoms with Crippen LogP contribution in [0.15, 0.2) is 200 Å². The molecule has 5 nitrogen and oxygen atoms in total. The molecule has 2 aliphatic rings. The molecular weight excluding hydrogens is 719 g/mol. The van der Waals surface area contributed by atoms with Crippen molar-refractivity contribution in [2.45, 2.75) is 5.41 Å². The summed E-state index contributed by atoms with van der Waals surface area (Å²) in [6.45, 7) is 0. The number of fused-ring (bicyclic) bond motifs is 11. The zero-order valence-electron chi connectivity index (χ0n) is 31.8. The van der Waals surface area contributed by atoms with E-state index in [9.17, 15) is 0 Å². The predicted octanol–water partition coefficient (Wildman–Crippen LogP) is 12.5. The van der Waals surface area contributed by atoms with E-state index >= 15 is 0 Å². The highest BCUT2D eigenvalue weighted by atomic mass is 15.0. The van der Waals surface area contributed by atoms with Crippen LogP contribution in [0.3, 0.4) is 0 Å². The smallest absolute Gasteiger partial charge is 0.164 e. The summed E-state index contributed by atoms with van der Waals surface area (Å²) in [5.74, 6) is 2.57. The highest BCUT2D eigenvalue weighted by Crippen LogP contribution is 2.63. The quantitative estimate of drug-likeness (QED) is 0.175. The van der Waals surface area contributed by atoms with E-state index in [-0.39, 0.29) is 0 Å². The molecular formula is C54H33N5. The van der Waals surface area contributed by atoms with Crippen LogP contribution in [0, 0.1) is 0 Å². The molecule has 0 aliphatic heterocycles. The van der Waals surface area contributed by atoms with Crippen molar-refractivity contribution in [1.82, 2.24) is 24.9 Å². The molecule has 2 aliphatic carbocycles. The van der Waals surface area contributed by atoms with Crippen LogP contribution < -0.4 is 0 Å². The van der Waals surface area contributed by atoms with E-state index in [0.717, 1.165) is 44.4 Å². The Balaban J connectivity index is 1.02. The third-order valence-electron chi connectivity index (χ3n) is 12.0. The summed E-state index contributed by atoms with van der Waals surface area (Å²) in [6.07, 6.45) is 0. The lowest BCUT2D eigenvalue weighted by molar-refractivity contribution is 0.794. The molecule has 2 aromatic heterocycles. The minimum absolute atomic E-state index is 0.444. The van der Waals surface area contributed by atoms with Gasteiger partial charge in [0.1, 0.15) is 0 Å². The third-order valence-corrected chi connectivity index (χ3v) is 12.0. The number of hydrogen-bond donors (Lipinski definition) is 0. The molecule has 274 valence electrons. The molecule has 12 rings (SSSR count). The standard InChI is InChI=1S/C54H33N5/c1-3-16-35(17-4-1)50-57-51(36-18-5-2-6-19-36)59-52(58-50)37-32-30-34(31-33-37)49-41-23-10-14-29-47(41)55-53(56-49)42-24-15-28-46-48(42)40-22-9-13-27-45(40)54(46)43-25-11-7-20-38(43)39-21-8-12-26-44(39)54/h1-33H. The zero-order chi connectivity index (χ0) is 38.9. The third kappa shape index (κ3) is 5.01. The fourth-order valence-electron chi connectivity index (χ4n) is 9.46. The Hall–Kier alpha value is -7.89. The molecule has 0 radical (unpaired) electrons. The average molecular weight is 752 g/mol. The molecule has 5 heteroatoms. The molecule has 0 unspecified atom stereocenters. The lowest BCUT2D eigenvalue weighted by Crippen LogP contribution is -2.25. The highest BCUT2D eigenvalue weighted by Gasteiger charge is 2.52. The van der Waals surface area contributed by atoms with E-state index < -0.39 is 5.41 Å². The number of para-hydroxylation sites is 1. The van der Waals surface area contributed by atoms with Crippen LogP contribution in [0.2, 0.25) is 0 Å². The molecule has 10 aromatic rings. The molecule has 0 N–H and O–H groups in total. The van der Waals surface area contributed by atoms with Crippen LogP contribution in [0.5, 0.6) is 0 Å². The van der Waals surface area contributed by atoms with Gasteiger partial charge >= 0.3 is 0 Å². The highest BCUT2D eigenvalue weighted by molar-refractivity contribution is 6.00. The molecule has 0 saturated heterocycles. The van der Waals surface area contributed by atoms with E-state index in [4.69, 9.17) is 24.9 Å². The average Bonchev–Trinajstić information content (AvgIpc) is 3.79. The number of aromatic nitrogens is 5. The first-order chi connectivity index (χ1) is 29.3. The van der Waals surface area contributed by atoms with Gasteiger partial charge < -0.3 is 0 Å². The van der Waals surface area contributed by atoms with Gasteiger partial charge in [0.25, 0.3) is 0 Å². The van der Waals surface area contributed by atoms with Crippen LogP contribution in [0.1, 0.15) is 22.3 Å². The molecule has 59 heavy (non-hydrogen) atoms. The predicted molar refractivity (Wildman–Crippen MR) is 236 cm³/mol. The van der Waals surface area contributed by atoms with Gasteiger partial charge in [0.05, 0.1) is 16.6 Å². The monoisotopic (exact) mass is 751 g/mol. The summed E-state index contributed by atoms with van der Waals surface area (Å²) in [5.41, 5.74) is 16.2. The van der Waals surface area contributed by atoms with E-state index in [0.29, 0.717) is 23.3 Å². The number of rotatable bonds is 5. The molecule has 0 saturated carbocycles. The Bertz CT molecular complexity index is 3160. The number of hydrogen-bond acceptors (Lipinski definition) is 5.